The van der Waals surface area contributed by atoms with Crippen LogP contribution in [0.2, 0.25) is 0 Å². The summed E-state index contributed by atoms with van der Waals surface area (Å²) in [6, 6.07) is 7.71. The number of hydrogen-bond acceptors (Lipinski definition) is 3. The van der Waals surface area contributed by atoms with Crippen LogP contribution < -0.4 is 5.73 Å². The monoisotopic (exact) mass is 381 g/mol. The highest BCUT2D eigenvalue weighted by atomic mass is 35.5. The second-order valence-electron chi connectivity index (χ2n) is 7.56. The molecule has 26 heavy (non-hydrogen) atoms. The summed E-state index contributed by atoms with van der Waals surface area (Å²) in [6.07, 6.45) is 2.00. The molecule has 2 atom stereocenters. The first-order chi connectivity index (χ1) is 11.8. The van der Waals surface area contributed by atoms with Gasteiger partial charge in [-0.25, -0.2) is 0 Å². The smallest absolute Gasteiger partial charge is 0.254 e. The Kier molecular flexibility index (Phi) is 8.57. The minimum Gasteiger partial charge on any atom is -0.341 e. The fourth-order valence-electron chi connectivity index (χ4n) is 3.45. The Hall–Kier alpha value is -1.59. The molecule has 0 bridgehead atoms. The predicted molar refractivity (Wildman–Crippen MR) is 107 cm³/mol. The molecule has 1 aliphatic heterocycles. The van der Waals surface area contributed by atoms with Gasteiger partial charge in [-0.05, 0) is 36.5 Å². The SMILES string of the molecule is CC1CCN(C(=O)c2ccc(CN(C)C(=O)C(C)C)cc2)C(CN)C1.Cl. The van der Waals surface area contributed by atoms with Crippen LogP contribution in [0.15, 0.2) is 24.3 Å². The van der Waals surface area contributed by atoms with Gasteiger partial charge in [-0.3, -0.25) is 9.59 Å². The number of rotatable bonds is 5. The minimum atomic E-state index is -0.0134. The third kappa shape index (κ3) is 5.45. The lowest BCUT2D eigenvalue weighted by Gasteiger charge is -2.38. The lowest BCUT2D eigenvalue weighted by Crippen LogP contribution is -2.49. The fourth-order valence-corrected chi connectivity index (χ4v) is 3.45. The predicted octanol–water partition coefficient (Wildman–Crippen LogP) is 2.92. The molecule has 2 amide bonds. The molecule has 2 rings (SSSR count). The summed E-state index contributed by atoms with van der Waals surface area (Å²) in [5.41, 5.74) is 7.59. The van der Waals surface area contributed by atoms with E-state index in [-0.39, 0.29) is 36.2 Å². The first-order valence-electron chi connectivity index (χ1n) is 9.18. The number of amides is 2. The first kappa shape index (κ1) is 22.5. The number of hydrogen-bond donors (Lipinski definition) is 1. The van der Waals surface area contributed by atoms with Gasteiger partial charge in [0.05, 0.1) is 0 Å². The van der Waals surface area contributed by atoms with Crippen molar-refractivity contribution in [3.63, 3.8) is 0 Å². The van der Waals surface area contributed by atoms with Gasteiger partial charge >= 0.3 is 0 Å². The Morgan fingerprint density at radius 2 is 1.88 bits per heavy atom. The van der Waals surface area contributed by atoms with Gasteiger partial charge in [0.2, 0.25) is 5.91 Å². The van der Waals surface area contributed by atoms with Crippen molar-refractivity contribution in [1.29, 1.82) is 0 Å². The molecule has 1 aliphatic rings. The molecule has 0 aromatic heterocycles. The molecule has 2 unspecified atom stereocenters. The number of carbonyl (C=O) groups excluding carboxylic acids is 2. The Morgan fingerprint density at radius 1 is 1.27 bits per heavy atom. The van der Waals surface area contributed by atoms with Gasteiger partial charge in [-0.15, -0.1) is 12.4 Å². The second-order valence-corrected chi connectivity index (χ2v) is 7.56. The average molecular weight is 382 g/mol. The lowest BCUT2D eigenvalue weighted by atomic mass is 9.92. The molecule has 6 heteroatoms. The van der Waals surface area contributed by atoms with Crippen LogP contribution in [0.1, 0.15) is 49.5 Å². The van der Waals surface area contributed by atoms with E-state index < -0.39 is 0 Å². The minimum absolute atomic E-state index is 0. The molecular formula is C20H32ClN3O2. The van der Waals surface area contributed by atoms with Gasteiger partial charge < -0.3 is 15.5 Å². The van der Waals surface area contributed by atoms with Gasteiger partial charge in [0.15, 0.2) is 0 Å². The van der Waals surface area contributed by atoms with Crippen LogP contribution in [-0.2, 0) is 11.3 Å². The number of carbonyl (C=O) groups is 2. The van der Waals surface area contributed by atoms with Crippen LogP contribution in [0.5, 0.6) is 0 Å². The maximum atomic E-state index is 12.8. The normalized spacial score (nSPS) is 19.8. The van der Waals surface area contributed by atoms with Crippen LogP contribution in [0, 0.1) is 11.8 Å². The van der Waals surface area contributed by atoms with Crippen molar-refractivity contribution in [2.45, 2.75) is 46.2 Å². The van der Waals surface area contributed by atoms with E-state index in [4.69, 9.17) is 5.73 Å². The summed E-state index contributed by atoms with van der Waals surface area (Å²) in [5, 5.41) is 0. The van der Waals surface area contributed by atoms with Crippen molar-refractivity contribution in [1.82, 2.24) is 9.80 Å². The quantitative estimate of drug-likeness (QED) is 0.852. The summed E-state index contributed by atoms with van der Waals surface area (Å²) in [7, 11) is 1.81. The van der Waals surface area contributed by atoms with E-state index in [0.29, 0.717) is 24.6 Å². The van der Waals surface area contributed by atoms with Crippen molar-refractivity contribution in [2.24, 2.45) is 17.6 Å². The van der Waals surface area contributed by atoms with E-state index in [2.05, 4.69) is 6.92 Å². The average Bonchev–Trinajstić information content (AvgIpc) is 2.60. The van der Waals surface area contributed by atoms with Crippen LogP contribution >= 0.6 is 12.4 Å². The number of halogens is 1. The van der Waals surface area contributed by atoms with Gasteiger partial charge in [-0.2, -0.15) is 0 Å². The Labute approximate surface area is 163 Å². The molecule has 1 aromatic carbocycles. The van der Waals surface area contributed by atoms with Gasteiger partial charge in [0.1, 0.15) is 0 Å². The number of likely N-dealkylation sites (tertiary alicyclic amines) is 1. The van der Waals surface area contributed by atoms with E-state index >= 15 is 0 Å². The topological polar surface area (TPSA) is 66.6 Å². The van der Waals surface area contributed by atoms with Gasteiger partial charge in [-0.1, -0.05) is 32.9 Å². The number of nitrogens with two attached hydrogens (primary N) is 1. The Balaban J connectivity index is 0.00000338. The number of nitrogens with zero attached hydrogens (tertiary/aromatic N) is 2. The number of piperidine rings is 1. The molecule has 0 saturated carbocycles. The molecular weight excluding hydrogens is 350 g/mol. The molecule has 0 spiro atoms. The maximum absolute atomic E-state index is 12.8. The number of benzene rings is 1. The largest absolute Gasteiger partial charge is 0.341 e. The van der Waals surface area contributed by atoms with Gasteiger partial charge in [0, 0.05) is 44.2 Å². The highest BCUT2D eigenvalue weighted by molar-refractivity contribution is 5.94. The molecule has 2 N–H and O–H groups in total. The summed E-state index contributed by atoms with van der Waals surface area (Å²) in [6.45, 7) is 7.85. The van der Waals surface area contributed by atoms with Crippen LogP contribution in [-0.4, -0.2) is 47.8 Å². The third-order valence-electron chi connectivity index (χ3n) is 5.00. The molecule has 5 nitrogen and oxygen atoms in total. The van der Waals surface area contributed by atoms with E-state index in [0.717, 1.165) is 24.9 Å². The lowest BCUT2D eigenvalue weighted by molar-refractivity contribution is -0.133. The van der Waals surface area contributed by atoms with Crippen molar-refractivity contribution in [2.75, 3.05) is 20.1 Å². The fraction of sp³-hybridized carbons (Fsp3) is 0.600. The first-order valence-corrected chi connectivity index (χ1v) is 9.18. The van der Waals surface area contributed by atoms with Crippen molar-refractivity contribution >= 4 is 24.2 Å². The van der Waals surface area contributed by atoms with E-state index in [9.17, 15) is 9.59 Å². The highest BCUT2D eigenvalue weighted by Crippen LogP contribution is 2.24. The van der Waals surface area contributed by atoms with Crippen molar-refractivity contribution in [3.05, 3.63) is 35.4 Å². The molecule has 0 aliphatic carbocycles. The maximum Gasteiger partial charge on any atom is 0.254 e. The summed E-state index contributed by atoms with van der Waals surface area (Å²) in [5.74, 6) is 0.781. The zero-order chi connectivity index (χ0) is 18.6. The van der Waals surface area contributed by atoms with Crippen molar-refractivity contribution < 1.29 is 9.59 Å². The Bertz CT molecular complexity index is 604. The van der Waals surface area contributed by atoms with E-state index in [1.807, 2.05) is 50.1 Å². The highest BCUT2D eigenvalue weighted by Gasteiger charge is 2.29. The molecule has 146 valence electrons. The zero-order valence-electron chi connectivity index (χ0n) is 16.3. The summed E-state index contributed by atoms with van der Waals surface area (Å²) < 4.78 is 0. The van der Waals surface area contributed by atoms with Crippen LogP contribution in [0.25, 0.3) is 0 Å². The molecule has 1 saturated heterocycles. The molecule has 0 radical (unpaired) electrons. The van der Waals surface area contributed by atoms with E-state index in [1.54, 1.807) is 4.90 Å². The summed E-state index contributed by atoms with van der Waals surface area (Å²) >= 11 is 0. The van der Waals surface area contributed by atoms with Crippen LogP contribution in [0.3, 0.4) is 0 Å². The molecule has 1 heterocycles. The Morgan fingerprint density at radius 3 is 2.42 bits per heavy atom. The van der Waals surface area contributed by atoms with Gasteiger partial charge in [0.25, 0.3) is 5.91 Å². The molecule has 1 fully saturated rings. The standard InChI is InChI=1S/C20H31N3O2.ClH/c1-14(2)19(24)22(4)13-16-5-7-17(8-6-16)20(25)23-10-9-15(3)11-18(23)12-21;/h5-8,14-15,18H,9-13,21H2,1-4H3;1H. The second kappa shape index (κ2) is 9.93. The van der Waals surface area contributed by atoms with Crippen LogP contribution in [0.4, 0.5) is 0 Å². The van der Waals surface area contributed by atoms with E-state index in [1.165, 1.54) is 0 Å². The molecule has 1 aromatic rings. The third-order valence-corrected chi connectivity index (χ3v) is 5.00. The van der Waals surface area contributed by atoms with Crippen molar-refractivity contribution in [3.8, 4) is 0 Å². The zero-order valence-corrected chi connectivity index (χ0v) is 17.1. The summed E-state index contributed by atoms with van der Waals surface area (Å²) in [4.78, 5) is 28.4.